The third-order valence-electron chi connectivity index (χ3n) is 3.79. The van der Waals surface area contributed by atoms with E-state index in [1.54, 1.807) is 31.2 Å². The Kier molecular flexibility index (Phi) is 5.51. The standard InChI is InChI=1S/C18H16N4O4S/c1-11-15(18(27-2)21-16(20-11)14-7-4-8-26-14)17(23)19-10-12-5-3-6-13(9-12)22(24)25/h3-9H,10H2,1-2H3,(H,19,23). The number of hydrogen-bond acceptors (Lipinski definition) is 7. The van der Waals surface area contributed by atoms with Gasteiger partial charge in [-0.1, -0.05) is 12.1 Å². The molecule has 0 saturated heterocycles. The molecule has 1 aromatic carbocycles. The molecule has 0 atom stereocenters. The second-order valence-electron chi connectivity index (χ2n) is 5.60. The summed E-state index contributed by atoms with van der Waals surface area (Å²) in [4.78, 5) is 31.9. The summed E-state index contributed by atoms with van der Waals surface area (Å²) in [5.74, 6) is 0.600. The van der Waals surface area contributed by atoms with Crippen molar-refractivity contribution in [1.82, 2.24) is 15.3 Å². The Morgan fingerprint density at radius 1 is 1.30 bits per heavy atom. The number of nitrogens with zero attached hydrogens (tertiary/aromatic N) is 3. The van der Waals surface area contributed by atoms with E-state index in [0.29, 0.717) is 33.4 Å². The molecule has 0 aliphatic carbocycles. The van der Waals surface area contributed by atoms with Crippen molar-refractivity contribution in [2.45, 2.75) is 18.5 Å². The number of thioether (sulfide) groups is 1. The molecule has 0 bridgehead atoms. The normalized spacial score (nSPS) is 10.6. The first-order valence-corrected chi connectivity index (χ1v) is 9.20. The van der Waals surface area contributed by atoms with Crippen LogP contribution >= 0.6 is 11.8 Å². The summed E-state index contributed by atoms with van der Waals surface area (Å²) >= 11 is 1.33. The van der Waals surface area contributed by atoms with Gasteiger partial charge in [0.25, 0.3) is 11.6 Å². The van der Waals surface area contributed by atoms with Gasteiger partial charge in [0.2, 0.25) is 0 Å². The highest BCUT2D eigenvalue weighted by atomic mass is 32.2. The second-order valence-corrected chi connectivity index (χ2v) is 6.40. The molecule has 0 aliphatic heterocycles. The average molecular weight is 384 g/mol. The lowest BCUT2D eigenvalue weighted by atomic mass is 10.2. The summed E-state index contributed by atoms with van der Waals surface area (Å²) in [6.45, 7) is 1.89. The van der Waals surface area contributed by atoms with Gasteiger partial charge in [0, 0.05) is 18.7 Å². The van der Waals surface area contributed by atoms with Crippen LogP contribution in [0.4, 0.5) is 5.69 Å². The largest absolute Gasteiger partial charge is 0.461 e. The number of nitro benzene ring substituents is 1. The topological polar surface area (TPSA) is 111 Å². The third-order valence-corrected chi connectivity index (χ3v) is 4.48. The first-order chi connectivity index (χ1) is 13.0. The lowest BCUT2D eigenvalue weighted by Gasteiger charge is -2.11. The Labute approximate surface area is 159 Å². The number of furan rings is 1. The van der Waals surface area contributed by atoms with Gasteiger partial charge in [-0.2, -0.15) is 0 Å². The van der Waals surface area contributed by atoms with Crippen molar-refractivity contribution >= 4 is 23.4 Å². The van der Waals surface area contributed by atoms with Crippen LogP contribution in [0.3, 0.4) is 0 Å². The molecule has 27 heavy (non-hydrogen) atoms. The van der Waals surface area contributed by atoms with Gasteiger partial charge in [0.05, 0.1) is 22.4 Å². The minimum Gasteiger partial charge on any atom is -0.461 e. The number of amides is 1. The monoisotopic (exact) mass is 384 g/mol. The quantitative estimate of drug-likeness (QED) is 0.299. The minimum atomic E-state index is -0.470. The summed E-state index contributed by atoms with van der Waals surface area (Å²) in [7, 11) is 0. The van der Waals surface area contributed by atoms with Crippen molar-refractivity contribution in [1.29, 1.82) is 0 Å². The van der Waals surface area contributed by atoms with Crippen LogP contribution < -0.4 is 5.32 Å². The number of non-ortho nitro benzene ring substituents is 1. The van der Waals surface area contributed by atoms with E-state index in [1.807, 2.05) is 6.26 Å². The fraction of sp³-hybridized carbons (Fsp3) is 0.167. The zero-order chi connectivity index (χ0) is 19.4. The SMILES string of the molecule is CSc1nc(-c2ccco2)nc(C)c1C(=O)NCc1cccc([N+](=O)[O-])c1. The van der Waals surface area contributed by atoms with E-state index in [1.165, 1.54) is 30.2 Å². The van der Waals surface area contributed by atoms with Gasteiger partial charge in [-0.3, -0.25) is 14.9 Å². The molecule has 9 heteroatoms. The number of benzene rings is 1. The molecule has 0 spiro atoms. The predicted octanol–water partition coefficient (Wildman–Crippen LogP) is 3.61. The van der Waals surface area contributed by atoms with Crippen LogP contribution in [0.2, 0.25) is 0 Å². The van der Waals surface area contributed by atoms with Gasteiger partial charge in [0.1, 0.15) is 5.03 Å². The number of rotatable bonds is 6. The molecule has 0 aliphatic rings. The summed E-state index contributed by atoms with van der Waals surface area (Å²) in [5.41, 5.74) is 1.52. The average Bonchev–Trinajstić information content (AvgIpc) is 3.20. The summed E-state index contributed by atoms with van der Waals surface area (Å²) in [6, 6.07) is 9.63. The van der Waals surface area contributed by atoms with E-state index in [-0.39, 0.29) is 18.1 Å². The van der Waals surface area contributed by atoms with E-state index < -0.39 is 4.92 Å². The third kappa shape index (κ3) is 4.14. The molecule has 0 unspecified atom stereocenters. The predicted molar refractivity (Wildman–Crippen MR) is 101 cm³/mol. The van der Waals surface area contributed by atoms with Crippen LogP contribution in [0, 0.1) is 17.0 Å². The van der Waals surface area contributed by atoms with E-state index in [9.17, 15) is 14.9 Å². The highest BCUT2D eigenvalue weighted by molar-refractivity contribution is 7.98. The van der Waals surface area contributed by atoms with Crippen molar-refractivity contribution in [2.24, 2.45) is 0 Å². The number of nitrogens with one attached hydrogen (secondary N) is 1. The second kappa shape index (κ2) is 8.00. The highest BCUT2D eigenvalue weighted by Crippen LogP contribution is 2.25. The Bertz CT molecular complexity index is 989. The number of carbonyl (C=O) groups excluding carboxylic acids is 1. The van der Waals surface area contributed by atoms with Crippen molar-refractivity contribution < 1.29 is 14.1 Å². The van der Waals surface area contributed by atoms with Gasteiger partial charge in [-0.25, -0.2) is 9.97 Å². The zero-order valence-corrected chi connectivity index (χ0v) is 15.4. The molecular formula is C18H16N4O4S. The Hall–Kier alpha value is -3.20. The lowest BCUT2D eigenvalue weighted by molar-refractivity contribution is -0.384. The van der Waals surface area contributed by atoms with Crippen LogP contribution in [-0.2, 0) is 6.54 Å². The van der Waals surface area contributed by atoms with Crippen LogP contribution in [0.5, 0.6) is 0 Å². The number of carbonyl (C=O) groups is 1. The van der Waals surface area contributed by atoms with Crippen LogP contribution in [-0.4, -0.2) is 27.1 Å². The van der Waals surface area contributed by atoms with Crippen LogP contribution in [0.1, 0.15) is 21.6 Å². The molecule has 1 amide bonds. The maximum absolute atomic E-state index is 12.7. The van der Waals surface area contributed by atoms with Crippen LogP contribution in [0.15, 0.2) is 52.1 Å². The van der Waals surface area contributed by atoms with E-state index in [4.69, 9.17) is 4.42 Å². The molecular weight excluding hydrogens is 368 g/mol. The van der Waals surface area contributed by atoms with Gasteiger partial charge in [-0.05, 0) is 30.9 Å². The van der Waals surface area contributed by atoms with Gasteiger partial charge >= 0.3 is 0 Å². The molecule has 0 saturated carbocycles. The molecule has 1 N–H and O–H groups in total. The first-order valence-electron chi connectivity index (χ1n) is 7.97. The summed E-state index contributed by atoms with van der Waals surface area (Å²) in [5, 5.41) is 14.2. The fourth-order valence-electron chi connectivity index (χ4n) is 2.52. The molecule has 8 nitrogen and oxygen atoms in total. The van der Waals surface area contributed by atoms with Gasteiger partial charge in [0.15, 0.2) is 11.6 Å². The summed E-state index contributed by atoms with van der Waals surface area (Å²) in [6.07, 6.45) is 3.36. The highest BCUT2D eigenvalue weighted by Gasteiger charge is 2.19. The number of aromatic nitrogens is 2. The maximum atomic E-state index is 12.7. The Morgan fingerprint density at radius 2 is 2.11 bits per heavy atom. The molecule has 3 aromatic rings. The van der Waals surface area contributed by atoms with Crippen molar-refractivity contribution in [3.63, 3.8) is 0 Å². The number of hydrogen-bond donors (Lipinski definition) is 1. The Balaban J connectivity index is 1.82. The van der Waals surface area contributed by atoms with Crippen molar-refractivity contribution in [2.75, 3.05) is 6.26 Å². The minimum absolute atomic E-state index is 0.0196. The summed E-state index contributed by atoms with van der Waals surface area (Å²) < 4.78 is 5.32. The molecule has 2 aromatic heterocycles. The van der Waals surface area contributed by atoms with E-state index in [2.05, 4.69) is 15.3 Å². The molecule has 138 valence electrons. The Morgan fingerprint density at radius 3 is 2.78 bits per heavy atom. The fourth-order valence-corrected chi connectivity index (χ4v) is 3.14. The molecule has 0 fully saturated rings. The van der Waals surface area contributed by atoms with Crippen molar-refractivity contribution in [3.8, 4) is 11.6 Å². The van der Waals surface area contributed by atoms with E-state index >= 15 is 0 Å². The zero-order valence-electron chi connectivity index (χ0n) is 14.6. The smallest absolute Gasteiger partial charge is 0.269 e. The number of nitro groups is 1. The van der Waals surface area contributed by atoms with Crippen LogP contribution in [0.25, 0.3) is 11.6 Å². The molecule has 3 rings (SSSR count). The van der Waals surface area contributed by atoms with E-state index in [0.717, 1.165) is 0 Å². The first kappa shape index (κ1) is 18.6. The van der Waals surface area contributed by atoms with Gasteiger partial charge < -0.3 is 9.73 Å². The molecule has 2 heterocycles. The number of aryl methyl sites for hydroxylation is 1. The molecule has 0 radical (unpaired) electrons. The maximum Gasteiger partial charge on any atom is 0.269 e. The lowest BCUT2D eigenvalue weighted by Crippen LogP contribution is -2.25. The van der Waals surface area contributed by atoms with Gasteiger partial charge in [-0.15, -0.1) is 11.8 Å². The van der Waals surface area contributed by atoms with Crippen molar-refractivity contribution in [3.05, 3.63) is 69.6 Å².